The minimum Gasteiger partial charge on any atom is -0.413 e. The number of aryl methyl sites for hydroxylation is 1. The van der Waals surface area contributed by atoms with Crippen molar-refractivity contribution in [1.29, 1.82) is 0 Å². The molecule has 0 aromatic heterocycles. The number of rotatable bonds is 3. The van der Waals surface area contributed by atoms with Gasteiger partial charge in [-0.25, -0.2) is 0 Å². The molecule has 0 fully saturated rings. The quantitative estimate of drug-likeness (QED) is 0.648. The van der Waals surface area contributed by atoms with Gasteiger partial charge in [-0.3, -0.25) is 0 Å². The number of hydrogen-bond acceptors (Lipinski definition) is 1. The summed E-state index contributed by atoms with van der Waals surface area (Å²) in [7, 11) is -0.549. The number of hydrogen-bond donors (Lipinski definition) is 0. The van der Waals surface area contributed by atoms with Gasteiger partial charge in [0.1, 0.15) is 0 Å². The van der Waals surface area contributed by atoms with E-state index in [1.807, 2.05) is 0 Å². The van der Waals surface area contributed by atoms with Crippen molar-refractivity contribution in [3.05, 3.63) is 35.4 Å². The summed E-state index contributed by atoms with van der Waals surface area (Å²) in [4.78, 5) is 0. The molecular weight excluding hydrogens is 164 g/mol. The maximum absolute atomic E-state index is 5.61. The van der Waals surface area contributed by atoms with Crippen LogP contribution in [-0.2, 0) is 11.0 Å². The zero-order valence-corrected chi connectivity index (χ0v) is 8.92. The summed E-state index contributed by atoms with van der Waals surface area (Å²) in [6.07, 6.45) is 0. The van der Waals surface area contributed by atoms with Crippen LogP contribution in [0.5, 0.6) is 0 Å². The SMILES string of the molecule is Cc1ccccc1CO[Si](C)C. The van der Waals surface area contributed by atoms with Gasteiger partial charge in [0.05, 0.1) is 6.61 Å². The normalized spacial score (nSPS) is 10.7. The Bertz CT molecular complexity index is 245. The molecule has 0 aliphatic rings. The van der Waals surface area contributed by atoms with Gasteiger partial charge in [0.2, 0.25) is 9.04 Å². The van der Waals surface area contributed by atoms with E-state index in [2.05, 4.69) is 44.3 Å². The molecule has 0 aliphatic heterocycles. The highest BCUT2D eigenvalue weighted by Gasteiger charge is 1.99. The van der Waals surface area contributed by atoms with Crippen LogP contribution in [0.2, 0.25) is 13.1 Å². The van der Waals surface area contributed by atoms with Gasteiger partial charge in [-0.1, -0.05) is 24.3 Å². The van der Waals surface area contributed by atoms with Gasteiger partial charge in [-0.2, -0.15) is 0 Å². The molecule has 0 amide bonds. The highest BCUT2D eigenvalue weighted by atomic mass is 28.3. The standard InChI is InChI=1S/C10H15OSi/c1-9-6-4-5-7-10(9)8-11-12(2)3/h4-7H,8H2,1-3H3. The van der Waals surface area contributed by atoms with Gasteiger partial charge in [-0.05, 0) is 31.1 Å². The average Bonchev–Trinajstić information content (AvgIpc) is 2.03. The molecule has 0 N–H and O–H groups in total. The summed E-state index contributed by atoms with van der Waals surface area (Å²) < 4.78 is 5.61. The van der Waals surface area contributed by atoms with E-state index in [4.69, 9.17) is 4.43 Å². The third-order valence-electron chi connectivity index (χ3n) is 1.78. The van der Waals surface area contributed by atoms with Gasteiger partial charge in [0.15, 0.2) is 0 Å². The molecule has 2 heteroatoms. The largest absolute Gasteiger partial charge is 0.413 e. The van der Waals surface area contributed by atoms with Crippen LogP contribution < -0.4 is 0 Å². The van der Waals surface area contributed by atoms with Crippen LogP contribution >= 0.6 is 0 Å². The first kappa shape index (κ1) is 9.48. The lowest BCUT2D eigenvalue weighted by atomic mass is 10.1. The Morgan fingerprint density at radius 1 is 1.25 bits per heavy atom. The molecule has 0 spiro atoms. The number of benzene rings is 1. The van der Waals surface area contributed by atoms with Gasteiger partial charge in [-0.15, -0.1) is 0 Å². The van der Waals surface area contributed by atoms with Crippen LogP contribution in [-0.4, -0.2) is 9.04 Å². The Kier molecular flexibility index (Phi) is 3.50. The summed E-state index contributed by atoms with van der Waals surface area (Å²) >= 11 is 0. The first-order chi connectivity index (χ1) is 5.70. The molecule has 0 saturated carbocycles. The zero-order valence-electron chi connectivity index (χ0n) is 7.92. The molecule has 1 aromatic rings. The molecule has 1 radical (unpaired) electrons. The lowest BCUT2D eigenvalue weighted by Gasteiger charge is -2.07. The highest BCUT2D eigenvalue weighted by Crippen LogP contribution is 2.08. The second kappa shape index (κ2) is 4.43. The van der Waals surface area contributed by atoms with Crippen molar-refractivity contribution < 1.29 is 4.43 Å². The average molecular weight is 179 g/mol. The fraction of sp³-hybridized carbons (Fsp3) is 0.400. The van der Waals surface area contributed by atoms with Gasteiger partial charge in [0, 0.05) is 0 Å². The van der Waals surface area contributed by atoms with Gasteiger partial charge < -0.3 is 4.43 Å². The van der Waals surface area contributed by atoms with E-state index in [0.29, 0.717) is 0 Å². The van der Waals surface area contributed by atoms with E-state index in [0.717, 1.165) is 6.61 Å². The van der Waals surface area contributed by atoms with Gasteiger partial charge in [0.25, 0.3) is 0 Å². The van der Waals surface area contributed by atoms with E-state index < -0.39 is 9.04 Å². The van der Waals surface area contributed by atoms with Crippen molar-refractivity contribution in [2.75, 3.05) is 0 Å². The maximum Gasteiger partial charge on any atom is 0.205 e. The zero-order chi connectivity index (χ0) is 8.97. The lowest BCUT2D eigenvalue weighted by molar-refractivity contribution is 0.314. The topological polar surface area (TPSA) is 9.23 Å². The van der Waals surface area contributed by atoms with Crippen LogP contribution in [0.1, 0.15) is 11.1 Å². The van der Waals surface area contributed by atoms with Crippen molar-refractivity contribution in [2.45, 2.75) is 26.6 Å². The van der Waals surface area contributed by atoms with Crippen molar-refractivity contribution >= 4 is 9.04 Å². The Hall–Kier alpha value is -0.603. The van der Waals surface area contributed by atoms with E-state index in [9.17, 15) is 0 Å². The molecule has 0 unspecified atom stereocenters. The Balaban J connectivity index is 2.57. The molecule has 0 saturated heterocycles. The van der Waals surface area contributed by atoms with Crippen molar-refractivity contribution in [1.82, 2.24) is 0 Å². The molecule has 12 heavy (non-hydrogen) atoms. The van der Waals surface area contributed by atoms with Crippen LogP contribution in [0, 0.1) is 6.92 Å². The monoisotopic (exact) mass is 179 g/mol. The van der Waals surface area contributed by atoms with Crippen molar-refractivity contribution in [3.8, 4) is 0 Å². The predicted molar refractivity (Wildman–Crippen MR) is 53.5 cm³/mol. The molecule has 0 atom stereocenters. The van der Waals surface area contributed by atoms with Crippen LogP contribution in [0.25, 0.3) is 0 Å². The molecule has 1 aromatic carbocycles. The molecule has 1 nitrogen and oxygen atoms in total. The molecule has 0 heterocycles. The first-order valence-electron chi connectivity index (χ1n) is 4.17. The Morgan fingerprint density at radius 2 is 1.92 bits per heavy atom. The fourth-order valence-corrected chi connectivity index (χ4v) is 1.44. The van der Waals surface area contributed by atoms with Gasteiger partial charge >= 0.3 is 0 Å². The second-order valence-electron chi connectivity index (χ2n) is 3.12. The van der Waals surface area contributed by atoms with E-state index in [1.165, 1.54) is 11.1 Å². The third-order valence-corrected chi connectivity index (χ3v) is 2.50. The van der Waals surface area contributed by atoms with Crippen LogP contribution in [0.4, 0.5) is 0 Å². The first-order valence-corrected chi connectivity index (χ1v) is 6.58. The minimum absolute atomic E-state index is 0.549. The third kappa shape index (κ3) is 2.79. The van der Waals surface area contributed by atoms with Crippen LogP contribution in [0.3, 0.4) is 0 Å². The molecular formula is C10H15OSi. The molecule has 0 aliphatic carbocycles. The summed E-state index contributed by atoms with van der Waals surface area (Å²) in [5.74, 6) is 0. The van der Waals surface area contributed by atoms with E-state index in [-0.39, 0.29) is 0 Å². The molecule has 1 rings (SSSR count). The van der Waals surface area contributed by atoms with Crippen LogP contribution in [0.15, 0.2) is 24.3 Å². The summed E-state index contributed by atoms with van der Waals surface area (Å²) in [5, 5.41) is 0. The smallest absolute Gasteiger partial charge is 0.205 e. The lowest BCUT2D eigenvalue weighted by Crippen LogP contribution is -2.07. The summed E-state index contributed by atoms with van der Waals surface area (Å²) in [6, 6.07) is 8.36. The predicted octanol–water partition coefficient (Wildman–Crippen LogP) is 2.76. The Labute approximate surface area is 76.1 Å². The molecule has 0 bridgehead atoms. The minimum atomic E-state index is -0.549. The highest BCUT2D eigenvalue weighted by molar-refractivity contribution is 6.48. The van der Waals surface area contributed by atoms with Crippen molar-refractivity contribution in [3.63, 3.8) is 0 Å². The Morgan fingerprint density at radius 3 is 2.50 bits per heavy atom. The summed E-state index contributed by atoms with van der Waals surface area (Å²) in [5.41, 5.74) is 2.63. The summed E-state index contributed by atoms with van der Waals surface area (Å²) in [6.45, 7) is 7.20. The second-order valence-corrected chi connectivity index (χ2v) is 5.23. The fourth-order valence-electron chi connectivity index (χ4n) is 0.994. The van der Waals surface area contributed by atoms with E-state index >= 15 is 0 Å². The maximum atomic E-state index is 5.61. The van der Waals surface area contributed by atoms with E-state index in [1.54, 1.807) is 0 Å². The van der Waals surface area contributed by atoms with Crippen molar-refractivity contribution in [2.24, 2.45) is 0 Å². The molecule has 65 valence electrons.